The first-order valence-electron chi connectivity index (χ1n) is 12.3. The highest BCUT2D eigenvalue weighted by atomic mass is 16.5. The van der Waals surface area contributed by atoms with Gasteiger partial charge in [0.25, 0.3) is 0 Å². The van der Waals surface area contributed by atoms with Gasteiger partial charge in [0.15, 0.2) is 12.2 Å². The second kappa shape index (κ2) is 9.65. The number of nitrogens with zero attached hydrogens (tertiary/aromatic N) is 5. The summed E-state index contributed by atoms with van der Waals surface area (Å²) in [5.41, 5.74) is 11.1. The number of piperidine rings is 1. The van der Waals surface area contributed by atoms with Crippen molar-refractivity contribution < 1.29 is 4.74 Å². The Kier molecular flexibility index (Phi) is 6.44. The fraction of sp³-hybridized carbons (Fsp3) is 0.481. The smallest absolute Gasteiger partial charge is 0.189 e. The molecule has 1 saturated carbocycles. The van der Waals surface area contributed by atoms with Gasteiger partial charge < -0.3 is 20.3 Å². The quantitative estimate of drug-likeness (QED) is 0.706. The molecule has 0 amide bonds. The monoisotopic (exact) mass is 458 g/mol. The van der Waals surface area contributed by atoms with Crippen molar-refractivity contribution >= 4 is 5.71 Å². The van der Waals surface area contributed by atoms with Crippen LogP contribution in [0.15, 0.2) is 64.6 Å². The number of hydrogen-bond acceptors (Lipinski definition) is 7. The molecule has 2 fully saturated rings. The van der Waals surface area contributed by atoms with Crippen molar-refractivity contribution in [2.24, 2.45) is 16.6 Å². The topological polar surface area (TPSA) is 81.1 Å². The van der Waals surface area contributed by atoms with Gasteiger partial charge in [0, 0.05) is 57.1 Å². The van der Waals surface area contributed by atoms with Gasteiger partial charge in [-0.3, -0.25) is 4.90 Å². The Balaban J connectivity index is 1.45. The van der Waals surface area contributed by atoms with Crippen LogP contribution in [0, 0.1) is 17.2 Å². The lowest BCUT2D eigenvalue weighted by molar-refractivity contribution is 0.0731. The van der Waals surface area contributed by atoms with Crippen molar-refractivity contribution in [3.05, 3.63) is 70.8 Å². The maximum Gasteiger partial charge on any atom is 0.189 e. The number of allylic oxidation sites excluding steroid dienone is 2. The van der Waals surface area contributed by atoms with Gasteiger partial charge in [-0.05, 0) is 55.4 Å². The third kappa shape index (κ3) is 4.89. The molecule has 1 aromatic rings. The summed E-state index contributed by atoms with van der Waals surface area (Å²) >= 11 is 0. The number of aliphatic imine (C=N–C) groups is 1. The van der Waals surface area contributed by atoms with Gasteiger partial charge >= 0.3 is 0 Å². The Labute approximate surface area is 202 Å². The lowest BCUT2D eigenvalue weighted by atomic mass is 9.93. The SMILES string of the molecule is CN1CC(C2=CN(C)C(N3CCC(N)CC3)N=C2c2ccc(C#N)cc2)=CC=C1OCC1CC1. The molecule has 5 rings (SSSR count). The summed E-state index contributed by atoms with van der Waals surface area (Å²) in [6, 6.07) is 10.2. The van der Waals surface area contributed by atoms with E-state index in [1.165, 1.54) is 18.4 Å². The second-order valence-electron chi connectivity index (χ2n) is 9.90. The summed E-state index contributed by atoms with van der Waals surface area (Å²) in [6.07, 6.45) is 11.0. The van der Waals surface area contributed by atoms with Crippen LogP contribution in [0.2, 0.25) is 0 Å². The summed E-state index contributed by atoms with van der Waals surface area (Å²) in [5, 5.41) is 9.25. The minimum atomic E-state index is -0.0585. The molecule has 7 nitrogen and oxygen atoms in total. The predicted octanol–water partition coefficient (Wildman–Crippen LogP) is 3.02. The predicted molar refractivity (Wildman–Crippen MR) is 134 cm³/mol. The third-order valence-electron chi connectivity index (χ3n) is 7.11. The van der Waals surface area contributed by atoms with Crippen LogP contribution in [0.25, 0.3) is 0 Å². The van der Waals surface area contributed by atoms with E-state index in [0.29, 0.717) is 5.56 Å². The van der Waals surface area contributed by atoms with Crippen molar-refractivity contribution in [3.8, 4) is 6.07 Å². The van der Waals surface area contributed by atoms with Gasteiger partial charge in [0.05, 0.1) is 24.0 Å². The zero-order chi connectivity index (χ0) is 23.7. The molecule has 178 valence electrons. The van der Waals surface area contributed by atoms with Crippen molar-refractivity contribution in [2.75, 3.05) is 40.3 Å². The van der Waals surface area contributed by atoms with E-state index in [2.05, 4.69) is 53.2 Å². The molecular formula is C27H34N6O. The Hall–Kier alpha value is -3.08. The van der Waals surface area contributed by atoms with Crippen molar-refractivity contribution in [1.29, 1.82) is 5.26 Å². The van der Waals surface area contributed by atoms with Crippen LogP contribution in [0.4, 0.5) is 0 Å². The highest BCUT2D eigenvalue weighted by molar-refractivity contribution is 6.15. The first-order chi connectivity index (χ1) is 16.5. The van der Waals surface area contributed by atoms with E-state index in [0.717, 1.165) is 67.7 Å². The molecule has 1 atom stereocenters. The molecule has 3 aliphatic heterocycles. The molecular weight excluding hydrogens is 424 g/mol. The van der Waals surface area contributed by atoms with Crippen LogP contribution >= 0.6 is 0 Å². The van der Waals surface area contributed by atoms with Crippen LogP contribution in [-0.2, 0) is 4.74 Å². The number of nitriles is 1. The second-order valence-corrected chi connectivity index (χ2v) is 9.90. The maximum absolute atomic E-state index is 9.25. The molecule has 34 heavy (non-hydrogen) atoms. The van der Waals surface area contributed by atoms with Crippen molar-refractivity contribution in [3.63, 3.8) is 0 Å². The molecule has 1 saturated heterocycles. The fourth-order valence-electron chi connectivity index (χ4n) is 4.77. The average Bonchev–Trinajstić information content (AvgIpc) is 3.68. The Bertz CT molecular complexity index is 1070. The molecule has 7 heteroatoms. The zero-order valence-electron chi connectivity index (χ0n) is 20.2. The maximum atomic E-state index is 9.25. The summed E-state index contributed by atoms with van der Waals surface area (Å²) in [7, 11) is 4.18. The van der Waals surface area contributed by atoms with Gasteiger partial charge in [-0.25, -0.2) is 4.99 Å². The van der Waals surface area contributed by atoms with Gasteiger partial charge in [-0.15, -0.1) is 0 Å². The molecule has 0 radical (unpaired) electrons. The number of likely N-dealkylation sites (tertiary alicyclic amines) is 1. The molecule has 0 aromatic heterocycles. The van der Waals surface area contributed by atoms with Crippen LogP contribution in [0.3, 0.4) is 0 Å². The number of ether oxygens (including phenoxy) is 1. The summed E-state index contributed by atoms with van der Waals surface area (Å²) in [6.45, 7) is 3.46. The molecule has 1 aromatic carbocycles. The molecule has 3 heterocycles. The Morgan fingerprint density at radius 3 is 2.47 bits per heavy atom. The zero-order valence-corrected chi connectivity index (χ0v) is 20.2. The minimum Gasteiger partial charge on any atom is -0.479 e. The van der Waals surface area contributed by atoms with E-state index in [-0.39, 0.29) is 12.3 Å². The number of nitrogens with two attached hydrogens (primary N) is 1. The highest BCUT2D eigenvalue weighted by Gasteiger charge is 2.31. The summed E-state index contributed by atoms with van der Waals surface area (Å²) in [5.74, 6) is 1.66. The van der Waals surface area contributed by atoms with E-state index in [1.54, 1.807) is 0 Å². The number of rotatable bonds is 6. The molecule has 1 unspecified atom stereocenters. The fourth-order valence-corrected chi connectivity index (χ4v) is 4.77. The number of likely N-dealkylation sites (N-methyl/N-ethyl adjacent to an activating group) is 1. The molecule has 1 aliphatic carbocycles. The van der Waals surface area contributed by atoms with E-state index in [1.807, 2.05) is 24.3 Å². The molecule has 0 spiro atoms. The summed E-state index contributed by atoms with van der Waals surface area (Å²) < 4.78 is 6.05. The van der Waals surface area contributed by atoms with E-state index in [4.69, 9.17) is 15.5 Å². The average molecular weight is 459 g/mol. The third-order valence-corrected chi connectivity index (χ3v) is 7.11. The lowest BCUT2D eigenvalue weighted by Gasteiger charge is -2.41. The van der Waals surface area contributed by atoms with Crippen LogP contribution in [0.1, 0.15) is 36.8 Å². The van der Waals surface area contributed by atoms with Gasteiger partial charge in [-0.1, -0.05) is 18.2 Å². The highest BCUT2D eigenvalue weighted by Crippen LogP contribution is 2.32. The number of benzene rings is 1. The molecule has 0 bridgehead atoms. The van der Waals surface area contributed by atoms with Crippen molar-refractivity contribution in [1.82, 2.24) is 14.7 Å². The standard InChI is InChI=1S/C27H34N6O/c1-31-16-22(9-10-25(31)34-18-20-3-4-20)24-17-32(2)27(33-13-11-23(29)12-14-33)30-26(24)21-7-5-19(15-28)6-8-21/h5-10,17,20,23,27H,3-4,11-14,16,18,29H2,1-2H3. The summed E-state index contributed by atoms with van der Waals surface area (Å²) in [4.78, 5) is 12.1. The minimum absolute atomic E-state index is 0.0585. The van der Waals surface area contributed by atoms with E-state index < -0.39 is 0 Å². The first kappa shape index (κ1) is 22.7. The largest absolute Gasteiger partial charge is 0.479 e. The van der Waals surface area contributed by atoms with Crippen LogP contribution < -0.4 is 5.73 Å². The molecule has 4 aliphatic rings. The Morgan fingerprint density at radius 1 is 1.09 bits per heavy atom. The lowest BCUT2D eigenvalue weighted by Crippen LogP contribution is -2.51. The first-order valence-corrected chi connectivity index (χ1v) is 12.3. The van der Waals surface area contributed by atoms with Crippen molar-refractivity contribution in [2.45, 2.75) is 38.0 Å². The van der Waals surface area contributed by atoms with E-state index >= 15 is 0 Å². The van der Waals surface area contributed by atoms with Crippen LogP contribution in [-0.4, -0.2) is 73.1 Å². The Morgan fingerprint density at radius 2 is 1.82 bits per heavy atom. The molecule has 2 N–H and O–H groups in total. The van der Waals surface area contributed by atoms with Gasteiger partial charge in [0.1, 0.15) is 0 Å². The van der Waals surface area contributed by atoms with Gasteiger partial charge in [-0.2, -0.15) is 5.26 Å². The van der Waals surface area contributed by atoms with Gasteiger partial charge in [0.2, 0.25) is 0 Å². The number of hydrogen-bond donors (Lipinski definition) is 1. The van der Waals surface area contributed by atoms with Crippen LogP contribution in [0.5, 0.6) is 0 Å². The normalized spacial score (nSPS) is 24.1. The van der Waals surface area contributed by atoms with E-state index in [9.17, 15) is 5.26 Å².